The van der Waals surface area contributed by atoms with Crippen molar-refractivity contribution < 1.29 is 104 Å². The van der Waals surface area contributed by atoms with E-state index in [1.165, 1.54) is 62.2 Å². The van der Waals surface area contributed by atoms with Gasteiger partial charge in [-0.25, -0.2) is 18.4 Å². The summed E-state index contributed by atoms with van der Waals surface area (Å²) >= 11 is 9.60. The van der Waals surface area contributed by atoms with Gasteiger partial charge in [-0.3, -0.25) is 19.2 Å². The minimum absolute atomic E-state index is 0.000894. The summed E-state index contributed by atoms with van der Waals surface area (Å²) in [5, 5.41) is 0.498. The molecule has 12 aromatic carbocycles. The van der Waals surface area contributed by atoms with Crippen molar-refractivity contribution in [2.75, 3.05) is 124 Å². The number of fused-ring (bicyclic) bond motifs is 4. The molecule has 0 aromatic heterocycles. The second-order valence-corrected chi connectivity index (χ2v) is 32.7. The van der Waals surface area contributed by atoms with Crippen LogP contribution in [-0.2, 0) is 41.6 Å². The topological polar surface area (TPSA) is 245 Å². The number of amides is 4. The lowest BCUT2D eigenvalue weighted by Crippen LogP contribution is -2.42. The maximum absolute atomic E-state index is 13.8. The van der Waals surface area contributed by atoms with Gasteiger partial charge in [0, 0.05) is 57.9 Å². The number of benzene rings is 12. The molecule has 0 fully saturated rings. The molecule has 4 aliphatic heterocycles. The molecule has 0 saturated heterocycles. The fraction of sp³-hybridized carbons (Fsp3) is 0.264. The van der Waals surface area contributed by atoms with Crippen LogP contribution < -0.4 is 56.8 Å². The van der Waals surface area contributed by atoms with Crippen LogP contribution in [0.5, 0.6) is 69.0 Å². The van der Waals surface area contributed by atoms with E-state index in [1.54, 1.807) is 152 Å². The summed E-state index contributed by atoms with van der Waals surface area (Å²) in [6.45, 7) is 5.11. The van der Waals surface area contributed by atoms with Crippen LogP contribution in [0.1, 0.15) is 143 Å². The Morgan fingerprint density at radius 3 is 0.918 bits per heavy atom. The van der Waals surface area contributed by atoms with Crippen molar-refractivity contribution in [2.24, 2.45) is 0 Å². The van der Waals surface area contributed by atoms with Gasteiger partial charge >= 0.3 is 11.9 Å². The standard InChI is InChI=1S/C27H26BrNO6.C27H26ClNO6.C27H29NO4.C25H23F2NO4/c2*1-32-24-14-18-11-12-29(26(30)19-5-4-6-20(28)13-19)23(22(18)15-25(24)33-2)16-35-21-9-7-17(8-10-21)27(31)34-3;1-4-19-10-12-22(13-11-19)32-18-24-23-17-26(31-3)25(30-2)16-21(23)14-15-28(24)27(29)20-8-6-5-7-9-20;1-30-23-13-16-10-11-28(25(29)17-4-3-5-19(27)12-17)22(21(16)14-24(23)31-2)15-32-20-8-6-18(26)7-9-20/h2*4-10,13-15,23H,11-12,16H2,1-3H3;5-13,16-17,24H,4,14-15,18H2,1-3H3;3-9,12-14,22H,10-11,15H2,1-2H3. The highest BCUT2D eigenvalue weighted by atomic mass is 79.9. The molecular formula is C106H104BrClF2N4O20. The molecule has 4 unspecified atom stereocenters. The first-order valence-electron chi connectivity index (χ1n) is 43.3. The first kappa shape index (κ1) is 97.2. The summed E-state index contributed by atoms with van der Waals surface area (Å²) in [6, 6.07) is 70.6. The van der Waals surface area contributed by atoms with Gasteiger partial charge in [0.15, 0.2) is 46.0 Å². The molecule has 0 spiro atoms. The van der Waals surface area contributed by atoms with E-state index in [1.807, 2.05) is 119 Å². The lowest BCUT2D eigenvalue weighted by molar-refractivity contribution is 0.0582. The molecule has 12 aromatic rings. The summed E-state index contributed by atoms with van der Waals surface area (Å²) in [5.41, 5.74) is 12.2. The number of methoxy groups -OCH3 is 10. The van der Waals surface area contributed by atoms with Crippen LogP contribution in [0.4, 0.5) is 8.78 Å². The van der Waals surface area contributed by atoms with Crippen LogP contribution in [0.25, 0.3) is 0 Å². The Labute approximate surface area is 791 Å². The summed E-state index contributed by atoms with van der Waals surface area (Å²) in [4.78, 5) is 84.4. The number of esters is 2. The average Bonchev–Trinajstić information content (AvgIpc) is 0.782. The van der Waals surface area contributed by atoms with Crippen molar-refractivity contribution >= 4 is 63.1 Å². The molecule has 24 nitrogen and oxygen atoms in total. The third kappa shape index (κ3) is 23.4. The Bertz CT molecular complexity index is 5930. The Morgan fingerprint density at radius 2 is 0.604 bits per heavy atom. The van der Waals surface area contributed by atoms with Crippen molar-refractivity contribution in [2.45, 2.75) is 63.2 Å². The summed E-state index contributed by atoms with van der Waals surface area (Å²) in [5.74, 6) is 5.21. The van der Waals surface area contributed by atoms with Crippen LogP contribution >= 0.6 is 27.5 Å². The molecule has 4 aliphatic rings. The Kier molecular flexibility index (Phi) is 33.5. The van der Waals surface area contributed by atoms with Crippen LogP contribution in [0.15, 0.2) is 253 Å². The van der Waals surface area contributed by atoms with E-state index in [2.05, 4.69) is 35.0 Å². The van der Waals surface area contributed by atoms with Crippen LogP contribution in [0.3, 0.4) is 0 Å². The molecule has 4 atom stereocenters. The normalized spacial score (nSPS) is 14.9. The molecule has 16 rings (SSSR count). The molecule has 134 heavy (non-hydrogen) atoms. The lowest BCUT2D eigenvalue weighted by Gasteiger charge is -2.37. The van der Waals surface area contributed by atoms with Gasteiger partial charge in [0.1, 0.15) is 61.1 Å². The summed E-state index contributed by atoms with van der Waals surface area (Å²) in [6.07, 6.45) is 3.67. The van der Waals surface area contributed by atoms with Crippen molar-refractivity contribution in [3.05, 3.63) is 353 Å². The molecule has 0 N–H and O–H groups in total. The van der Waals surface area contributed by atoms with E-state index in [4.69, 9.17) is 77.9 Å². The largest absolute Gasteiger partial charge is 0.493 e. The zero-order chi connectivity index (χ0) is 95.1. The van der Waals surface area contributed by atoms with Crippen LogP contribution in [0, 0.1) is 11.6 Å². The fourth-order valence-corrected chi connectivity index (χ4v) is 17.2. The quantitative estimate of drug-likeness (QED) is 0.0434. The van der Waals surface area contributed by atoms with E-state index in [0.29, 0.717) is 148 Å². The molecule has 0 saturated carbocycles. The highest BCUT2D eigenvalue weighted by Gasteiger charge is 2.39. The smallest absolute Gasteiger partial charge is 0.337 e. The summed E-state index contributed by atoms with van der Waals surface area (Å²) in [7, 11) is 15.4. The number of halogens is 4. The number of ether oxygens (including phenoxy) is 14. The second-order valence-electron chi connectivity index (χ2n) is 31.3. The second kappa shape index (κ2) is 46.2. The van der Waals surface area contributed by atoms with E-state index >= 15 is 0 Å². The van der Waals surface area contributed by atoms with Gasteiger partial charge in [0.05, 0.1) is 106 Å². The number of carbonyl (C=O) groups is 6. The van der Waals surface area contributed by atoms with E-state index in [-0.39, 0.29) is 73.0 Å². The highest BCUT2D eigenvalue weighted by Crippen LogP contribution is 2.45. The number of hydrogen-bond acceptors (Lipinski definition) is 20. The van der Waals surface area contributed by atoms with Gasteiger partial charge in [0.2, 0.25) is 0 Å². The third-order valence-corrected chi connectivity index (χ3v) is 24.3. The number of nitrogens with zero attached hydrogens (tertiary/aromatic N) is 4. The maximum atomic E-state index is 13.8. The zero-order valence-corrected chi connectivity index (χ0v) is 78.5. The number of aryl methyl sites for hydroxylation is 1. The predicted molar refractivity (Wildman–Crippen MR) is 506 cm³/mol. The molecule has 4 heterocycles. The van der Waals surface area contributed by atoms with Crippen molar-refractivity contribution in [3.8, 4) is 69.0 Å². The maximum Gasteiger partial charge on any atom is 0.337 e. The van der Waals surface area contributed by atoms with Crippen LogP contribution in [-0.4, -0.2) is 179 Å². The minimum atomic E-state index is -0.473. The Balaban J connectivity index is 0.000000152. The average molecular weight is 1910 g/mol. The van der Waals surface area contributed by atoms with Gasteiger partial charge in [0.25, 0.3) is 23.6 Å². The number of carbonyl (C=O) groups excluding carboxylic acids is 6. The first-order chi connectivity index (χ1) is 65.0. The lowest BCUT2D eigenvalue weighted by atomic mass is 9.91. The molecule has 0 radical (unpaired) electrons. The molecule has 4 amide bonds. The van der Waals surface area contributed by atoms with E-state index in [0.717, 1.165) is 67.6 Å². The molecule has 0 aliphatic carbocycles. The molecule has 28 heteroatoms. The monoisotopic (exact) mass is 1900 g/mol. The van der Waals surface area contributed by atoms with Crippen molar-refractivity contribution in [1.29, 1.82) is 0 Å². The van der Waals surface area contributed by atoms with Gasteiger partial charge in [-0.05, 0) is 282 Å². The Morgan fingerprint density at radius 1 is 0.313 bits per heavy atom. The molecule has 696 valence electrons. The fourth-order valence-electron chi connectivity index (χ4n) is 16.6. The van der Waals surface area contributed by atoms with Crippen molar-refractivity contribution in [1.82, 2.24) is 19.6 Å². The van der Waals surface area contributed by atoms with Gasteiger partial charge in [-0.1, -0.05) is 83.0 Å². The van der Waals surface area contributed by atoms with E-state index in [9.17, 15) is 37.5 Å². The number of rotatable bonds is 27. The summed E-state index contributed by atoms with van der Waals surface area (Å²) < 4.78 is 106. The molecular weight excluding hydrogens is 1800 g/mol. The van der Waals surface area contributed by atoms with Gasteiger partial charge in [-0.15, -0.1) is 0 Å². The third-order valence-electron chi connectivity index (χ3n) is 23.6. The predicted octanol–water partition coefficient (Wildman–Crippen LogP) is 19.9. The van der Waals surface area contributed by atoms with Crippen LogP contribution in [0.2, 0.25) is 5.02 Å². The van der Waals surface area contributed by atoms with Crippen molar-refractivity contribution in [3.63, 3.8) is 0 Å². The number of hydrogen-bond donors (Lipinski definition) is 0. The highest BCUT2D eigenvalue weighted by molar-refractivity contribution is 9.10. The van der Waals surface area contributed by atoms with E-state index < -0.39 is 23.8 Å². The SMILES string of the molecule is CCc1ccc(OCC2c3cc(OC)c(OC)cc3CCN2C(=O)c2ccccc2)cc1.COC(=O)c1ccc(OCC2c3cc(OC)c(OC)cc3CCN2C(=O)c2cccc(Br)c2)cc1.COC(=O)c1ccc(OCC2c3cc(OC)c(OC)cc3CCN2C(=O)c2cccc(Cl)c2)cc1.COc1cc2c(cc1OC)C(COc1ccc(F)cc1)N(C(=O)c1cccc(F)c1)CC2. The van der Waals surface area contributed by atoms with Gasteiger partial charge in [-0.2, -0.15) is 0 Å². The van der Waals surface area contributed by atoms with Gasteiger partial charge < -0.3 is 85.9 Å². The minimum Gasteiger partial charge on any atom is -0.493 e. The Hall–Kier alpha value is -14.3. The molecule has 0 bridgehead atoms. The zero-order valence-electron chi connectivity index (χ0n) is 76.1. The first-order valence-corrected chi connectivity index (χ1v) is 44.5.